The molecule has 1 unspecified atom stereocenters. The van der Waals surface area contributed by atoms with E-state index >= 15 is 0 Å². The zero-order chi connectivity index (χ0) is 17.2. The van der Waals surface area contributed by atoms with Crippen molar-refractivity contribution in [1.29, 1.82) is 0 Å². The van der Waals surface area contributed by atoms with Gasteiger partial charge in [0, 0.05) is 24.6 Å². The third-order valence-electron chi connectivity index (χ3n) is 3.55. The van der Waals surface area contributed by atoms with Gasteiger partial charge in [-0.2, -0.15) is 0 Å². The van der Waals surface area contributed by atoms with Gasteiger partial charge >= 0.3 is 0 Å². The Bertz CT molecular complexity index is 491. The zero-order valence-electron chi connectivity index (χ0n) is 14.5. The molecule has 1 atom stereocenters. The second kappa shape index (κ2) is 10.1. The highest BCUT2D eigenvalue weighted by Gasteiger charge is 2.15. The normalized spacial score (nSPS) is 12.1. The molecule has 0 aromatic heterocycles. The van der Waals surface area contributed by atoms with Crippen molar-refractivity contribution in [2.45, 2.75) is 25.4 Å². The van der Waals surface area contributed by atoms with E-state index in [0.717, 1.165) is 13.0 Å². The van der Waals surface area contributed by atoms with Gasteiger partial charge in [-0.15, -0.1) is 0 Å². The van der Waals surface area contributed by atoms with Gasteiger partial charge in [0.2, 0.25) is 5.91 Å². The SMILES string of the molecule is COc1ccc(C(O)CCC(=O)NCCCN(C)C)c(OC)c1. The van der Waals surface area contributed by atoms with E-state index in [1.807, 2.05) is 14.1 Å². The van der Waals surface area contributed by atoms with Crippen molar-refractivity contribution in [1.82, 2.24) is 10.2 Å². The number of nitrogens with one attached hydrogen (secondary N) is 1. The molecule has 1 aromatic carbocycles. The molecule has 0 saturated carbocycles. The highest BCUT2D eigenvalue weighted by atomic mass is 16.5. The van der Waals surface area contributed by atoms with Crippen LogP contribution < -0.4 is 14.8 Å². The fraction of sp³-hybridized carbons (Fsp3) is 0.588. The molecule has 130 valence electrons. The fourth-order valence-electron chi connectivity index (χ4n) is 2.23. The van der Waals surface area contributed by atoms with E-state index in [9.17, 15) is 9.90 Å². The fourth-order valence-corrected chi connectivity index (χ4v) is 2.23. The Kier molecular flexibility index (Phi) is 8.43. The quantitative estimate of drug-likeness (QED) is 0.640. The minimum Gasteiger partial charge on any atom is -0.497 e. The van der Waals surface area contributed by atoms with Gasteiger partial charge in [-0.05, 0) is 45.6 Å². The number of rotatable bonds is 10. The maximum atomic E-state index is 11.8. The number of aliphatic hydroxyl groups excluding tert-OH is 1. The maximum absolute atomic E-state index is 11.8. The van der Waals surface area contributed by atoms with E-state index in [-0.39, 0.29) is 12.3 Å². The van der Waals surface area contributed by atoms with Crippen LogP contribution in [0, 0.1) is 0 Å². The lowest BCUT2D eigenvalue weighted by Crippen LogP contribution is -2.27. The Labute approximate surface area is 138 Å². The topological polar surface area (TPSA) is 71.0 Å². The molecular formula is C17H28N2O4. The zero-order valence-corrected chi connectivity index (χ0v) is 14.5. The lowest BCUT2D eigenvalue weighted by molar-refractivity contribution is -0.121. The summed E-state index contributed by atoms with van der Waals surface area (Å²) in [7, 11) is 7.12. The van der Waals surface area contributed by atoms with Crippen LogP contribution in [0.25, 0.3) is 0 Å². The first kappa shape index (κ1) is 19.3. The Morgan fingerprint density at radius 3 is 2.65 bits per heavy atom. The monoisotopic (exact) mass is 324 g/mol. The molecule has 0 bridgehead atoms. The van der Waals surface area contributed by atoms with Gasteiger partial charge in [0.05, 0.1) is 20.3 Å². The van der Waals surface area contributed by atoms with Crippen LogP contribution in [0.3, 0.4) is 0 Å². The van der Waals surface area contributed by atoms with E-state index in [4.69, 9.17) is 9.47 Å². The molecule has 0 radical (unpaired) electrons. The van der Waals surface area contributed by atoms with Crippen LogP contribution in [-0.2, 0) is 4.79 Å². The summed E-state index contributed by atoms with van der Waals surface area (Å²) in [5.41, 5.74) is 0.661. The number of nitrogens with zero attached hydrogens (tertiary/aromatic N) is 1. The van der Waals surface area contributed by atoms with Gasteiger partial charge in [0.25, 0.3) is 0 Å². The molecule has 0 saturated heterocycles. The lowest BCUT2D eigenvalue weighted by atomic mass is 10.0. The van der Waals surface area contributed by atoms with E-state index in [1.165, 1.54) is 0 Å². The number of hydrogen-bond donors (Lipinski definition) is 2. The highest BCUT2D eigenvalue weighted by molar-refractivity contribution is 5.75. The molecular weight excluding hydrogens is 296 g/mol. The summed E-state index contributed by atoms with van der Waals surface area (Å²) in [6.45, 7) is 1.59. The molecule has 0 aliphatic heterocycles. The molecule has 23 heavy (non-hydrogen) atoms. The first-order valence-electron chi connectivity index (χ1n) is 7.79. The average molecular weight is 324 g/mol. The lowest BCUT2D eigenvalue weighted by Gasteiger charge is -2.16. The molecule has 0 heterocycles. The molecule has 6 heteroatoms. The van der Waals surface area contributed by atoms with Crippen LogP contribution in [0.2, 0.25) is 0 Å². The van der Waals surface area contributed by atoms with Crippen molar-refractivity contribution in [3.05, 3.63) is 23.8 Å². The molecule has 0 aliphatic carbocycles. The van der Waals surface area contributed by atoms with E-state index in [2.05, 4.69) is 10.2 Å². The molecule has 2 N–H and O–H groups in total. The first-order valence-corrected chi connectivity index (χ1v) is 7.79. The predicted molar refractivity (Wildman–Crippen MR) is 89.9 cm³/mol. The third-order valence-corrected chi connectivity index (χ3v) is 3.55. The predicted octanol–water partition coefficient (Wildman–Crippen LogP) is 1.59. The van der Waals surface area contributed by atoms with Crippen molar-refractivity contribution < 1.29 is 19.4 Å². The summed E-state index contributed by atoms with van der Waals surface area (Å²) >= 11 is 0. The smallest absolute Gasteiger partial charge is 0.220 e. The van der Waals surface area contributed by atoms with Crippen molar-refractivity contribution in [3.63, 3.8) is 0 Å². The van der Waals surface area contributed by atoms with Crippen LogP contribution in [-0.4, -0.2) is 57.3 Å². The minimum atomic E-state index is -0.747. The van der Waals surface area contributed by atoms with Crippen LogP contribution in [0.4, 0.5) is 0 Å². The van der Waals surface area contributed by atoms with Crippen molar-refractivity contribution in [3.8, 4) is 11.5 Å². The van der Waals surface area contributed by atoms with Gasteiger partial charge in [-0.1, -0.05) is 0 Å². The summed E-state index contributed by atoms with van der Waals surface area (Å²) < 4.78 is 10.4. The number of hydrogen-bond acceptors (Lipinski definition) is 5. The third kappa shape index (κ3) is 6.88. The number of benzene rings is 1. The molecule has 1 amide bonds. The standard InChI is InChI=1S/C17H28N2O4/c1-19(2)11-5-10-18-17(21)9-8-15(20)14-7-6-13(22-3)12-16(14)23-4/h6-7,12,15,20H,5,8-11H2,1-4H3,(H,18,21). The summed E-state index contributed by atoms with van der Waals surface area (Å²) in [5.74, 6) is 1.18. The molecule has 1 aromatic rings. The summed E-state index contributed by atoms with van der Waals surface area (Å²) in [4.78, 5) is 13.9. The van der Waals surface area contributed by atoms with Crippen LogP contribution in [0.5, 0.6) is 11.5 Å². The average Bonchev–Trinajstić information content (AvgIpc) is 2.55. The van der Waals surface area contributed by atoms with Crippen LogP contribution >= 0.6 is 0 Å². The van der Waals surface area contributed by atoms with Gasteiger partial charge in [0.15, 0.2) is 0 Å². The van der Waals surface area contributed by atoms with E-state index in [1.54, 1.807) is 32.4 Å². The summed E-state index contributed by atoms with van der Waals surface area (Å²) in [6, 6.07) is 5.25. The Morgan fingerprint density at radius 2 is 2.04 bits per heavy atom. The second-order valence-electron chi connectivity index (χ2n) is 5.67. The van der Waals surface area contributed by atoms with Crippen molar-refractivity contribution >= 4 is 5.91 Å². The Morgan fingerprint density at radius 1 is 1.30 bits per heavy atom. The highest BCUT2D eigenvalue weighted by Crippen LogP contribution is 2.31. The summed E-state index contributed by atoms with van der Waals surface area (Å²) in [6.07, 6.45) is 0.789. The second-order valence-corrected chi connectivity index (χ2v) is 5.67. The number of carbonyl (C=O) groups excluding carboxylic acids is 1. The molecule has 1 rings (SSSR count). The van der Waals surface area contributed by atoms with Gasteiger partial charge < -0.3 is 24.8 Å². The van der Waals surface area contributed by atoms with Gasteiger partial charge in [-0.25, -0.2) is 0 Å². The van der Waals surface area contributed by atoms with Crippen molar-refractivity contribution in [2.24, 2.45) is 0 Å². The molecule has 0 aliphatic rings. The number of aliphatic hydroxyl groups is 1. The van der Waals surface area contributed by atoms with Gasteiger partial charge in [-0.3, -0.25) is 4.79 Å². The van der Waals surface area contributed by atoms with E-state index < -0.39 is 6.10 Å². The Balaban J connectivity index is 2.44. The number of amides is 1. The van der Waals surface area contributed by atoms with Crippen molar-refractivity contribution in [2.75, 3.05) is 41.4 Å². The molecule has 0 fully saturated rings. The van der Waals surface area contributed by atoms with Gasteiger partial charge in [0.1, 0.15) is 11.5 Å². The first-order chi connectivity index (χ1) is 11.0. The minimum absolute atomic E-state index is 0.0460. The number of carbonyl (C=O) groups is 1. The number of methoxy groups -OCH3 is 2. The maximum Gasteiger partial charge on any atom is 0.220 e. The molecule has 0 spiro atoms. The Hall–Kier alpha value is -1.79. The van der Waals surface area contributed by atoms with E-state index in [0.29, 0.717) is 30.0 Å². The number of ether oxygens (including phenoxy) is 2. The summed E-state index contributed by atoms with van der Waals surface area (Å²) in [5, 5.41) is 13.1. The largest absolute Gasteiger partial charge is 0.497 e. The van der Waals surface area contributed by atoms with Crippen LogP contribution in [0.15, 0.2) is 18.2 Å². The molecule has 6 nitrogen and oxygen atoms in total. The van der Waals surface area contributed by atoms with Crippen LogP contribution in [0.1, 0.15) is 30.9 Å².